The van der Waals surface area contributed by atoms with Gasteiger partial charge >= 0.3 is 0 Å². The molecular formula is C35H30IN3O3S. The van der Waals surface area contributed by atoms with Crippen molar-refractivity contribution in [2.75, 3.05) is 25.1 Å². The normalized spacial score (nSPS) is 21.2. The number of nitrogens with zero attached hydrogens (tertiary/aromatic N) is 2. The highest BCUT2D eigenvalue weighted by Gasteiger charge is 2.35. The highest BCUT2D eigenvalue weighted by Crippen LogP contribution is 2.50. The summed E-state index contributed by atoms with van der Waals surface area (Å²) in [5, 5.41) is 13.7. The zero-order valence-electron chi connectivity index (χ0n) is 23.6. The van der Waals surface area contributed by atoms with Gasteiger partial charge in [0.05, 0.1) is 21.3 Å². The van der Waals surface area contributed by atoms with Crippen molar-refractivity contribution in [2.24, 2.45) is 4.99 Å². The number of hydrogen-bond donors (Lipinski definition) is 2. The second-order valence-corrected chi connectivity index (χ2v) is 13.2. The van der Waals surface area contributed by atoms with E-state index in [0.717, 1.165) is 37.2 Å². The van der Waals surface area contributed by atoms with E-state index in [0.29, 0.717) is 19.4 Å². The molecule has 0 bridgehead atoms. The van der Waals surface area contributed by atoms with Crippen LogP contribution in [0.2, 0.25) is 0 Å². The van der Waals surface area contributed by atoms with Gasteiger partial charge in [-0.1, -0.05) is 60.7 Å². The van der Waals surface area contributed by atoms with Crippen molar-refractivity contribution in [3.63, 3.8) is 0 Å². The number of thioether (sulfide) groups is 1. The van der Waals surface area contributed by atoms with Gasteiger partial charge in [0.2, 0.25) is 0 Å². The van der Waals surface area contributed by atoms with E-state index in [-0.39, 0.29) is 23.5 Å². The van der Waals surface area contributed by atoms with Crippen LogP contribution in [-0.4, -0.2) is 36.4 Å². The third-order valence-electron chi connectivity index (χ3n) is 8.45. The first kappa shape index (κ1) is 28.0. The van der Waals surface area contributed by atoms with Crippen LogP contribution in [0.3, 0.4) is 0 Å². The number of nitrogens with one attached hydrogen (secondary N) is 1. The Bertz CT molecular complexity index is 1700. The van der Waals surface area contributed by atoms with Gasteiger partial charge in [-0.05, 0) is 105 Å². The lowest BCUT2D eigenvalue weighted by Crippen LogP contribution is -2.37. The average Bonchev–Trinajstić information content (AvgIpc) is 3.37. The monoisotopic (exact) mass is 699 g/mol. The first-order chi connectivity index (χ1) is 21.0. The summed E-state index contributed by atoms with van der Waals surface area (Å²) in [4.78, 5) is 21.1. The van der Waals surface area contributed by atoms with Crippen molar-refractivity contribution < 1.29 is 14.6 Å². The maximum atomic E-state index is 13.0. The molecule has 4 aromatic rings. The summed E-state index contributed by atoms with van der Waals surface area (Å²) in [6.07, 6.45) is 3.91. The van der Waals surface area contributed by atoms with Gasteiger partial charge in [0, 0.05) is 30.6 Å². The predicted octanol–water partition coefficient (Wildman–Crippen LogP) is 7.77. The number of halogens is 1. The lowest BCUT2D eigenvalue weighted by atomic mass is 9.76. The molecule has 3 heterocycles. The topological polar surface area (TPSA) is 74.2 Å². The highest BCUT2D eigenvalue weighted by atomic mass is 127. The van der Waals surface area contributed by atoms with Crippen molar-refractivity contribution in [1.29, 1.82) is 0 Å². The van der Waals surface area contributed by atoms with E-state index in [1.807, 2.05) is 6.07 Å². The number of phenols is 1. The summed E-state index contributed by atoms with van der Waals surface area (Å²) in [6.45, 7) is 2.08. The van der Waals surface area contributed by atoms with E-state index >= 15 is 0 Å². The lowest BCUT2D eigenvalue weighted by molar-refractivity contribution is -0.115. The number of carbonyl (C=O) groups is 1. The number of benzene rings is 4. The molecule has 1 saturated heterocycles. The van der Waals surface area contributed by atoms with Gasteiger partial charge in [-0.2, -0.15) is 0 Å². The summed E-state index contributed by atoms with van der Waals surface area (Å²) in [5.41, 5.74) is 8.24. The molecule has 4 aromatic carbocycles. The van der Waals surface area contributed by atoms with Crippen LogP contribution < -0.4 is 15.0 Å². The predicted molar refractivity (Wildman–Crippen MR) is 183 cm³/mol. The van der Waals surface area contributed by atoms with Crippen molar-refractivity contribution in [1.82, 2.24) is 5.32 Å². The van der Waals surface area contributed by atoms with Gasteiger partial charge in [0.15, 0.2) is 16.7 Å². The summed E-state index contributed by atoms with van der Waals surface area (Å²) >= 11 is 3.38. The number of hydrogen-bond acceptors (Lipinski definition) is 6. The molecular weight excluding hydrogens is 669 g/mol. The number of methoxy groups -OCH3 is 1. The molecule has 3 aliphatic heterocycles. The van der Waals surface area contributed by atoms with Crippen LogP contribution in [0.15, 0.2) is 94.8 Å². The Labute approximate surface area is 269 Å². The van der Waals surface area contributed by atoms with Gasteiger partial charge in [0.1, 0.15) is 0 Å². The maximum Gasteiger partial charge on any atom is 0.264 e. The van der Waals surface area contributed by atoms with E-state index in [2.05, 4.69) is 106 Å². The first-order valence-corrected chi connectivity index (χ1v) is 16.3. The standard InChI is InChI=1S/C35H30IN3O3S/c1-42-30-17-21(16-29(36)33(30)40)18-31-34(41)38-35(43-31)37-24-19-27-25(22-8-4-2-5-9-22)12-14-39-15-13-26(28(20-24)32(27)39)23-10-6-3-7-11-23/h2-11,16-20,25-26,40H,12-15H2,1H3,(H,37,38,41)/b31-18-/t25-,26+. The molecule has 2 atom stereocenters. The van der Waals surface area contributed by atoms with Gasteiger partial charge in [-0.25, -0.2) is 4.99 Å². The Kier molecular flexibility index (Phi) is 7.65. The lowest BCUT2D eigenvalue weighted by Gasteiger charge is -2.43. The van der Waals surface area contributed by atoms with Crippen LogP contribution >= 0.6 is 34.4 Å². The van der Waals surface area contributed by atoms with E-state index in [1.54, 1.807) is 12.1 Å². The summed E-state index contributed by atoms with van der Waals surface area (Å²) in [6, 6.07) is 29.5. The van der Waals surface area contributed by atoms with E-state index < -0.39 is 0 Å². The minimum absolute atomic E-state index is 0.0913. The Balaban J connectivity index is 1.30. The van der Waals surface area contributed by atoms with Gasteiger partial charge < -0.3 is 20.1 Å². The summed E-state index contributed by atoms with van der Waals surface area (Å²) in [7, 11) is 1.51. The van der Waals surface area contributed by atoms with Gasteiger partial charge in [-0.3, -0.25) is 4.79 Å². The maximum absolute atomic E-state index is 13.0. The quantitative estimate of drug-likeness (QED) is 0.165. The first-order valence-electron chi connectivity index (χ1n) is 14.4. The number of anilines is 1. The molecule has 0 unspecified atom stereocenters. The van der Waals surface area contributed by atoms with Crippen molar-refractivity contribution >= 4 is 62.9 Å². The van der Waals surface area contributed by atoms with Gasteiger partial charge in [0.25, 0.3) is 5.91 Å². The van der Waals surface area contributed by atoms with E-state index in [9.17, 15) is 9.90 Å². The summed E-state index contributed by atoms with van der Waals surface area (Å²) < 4.78 is 5.95. The zero-order chi connectivity index (χ0) is 29.5. The molecule has 6 nitrogen and oxygen atoms in total. The SMILES string of the molecule is COc1cc(/C=C2\SC(=Nc3cc4c5c(c3)[C@H](c3ccccc3)CCN5CC[C@@H]4c3ccccc3)NC2=O)cc(I)c1O. The van der Waals surface area contributed by atoms with Crippen LogP contribution in [0.5, 0.6) is 11.5 Å². The number of aromatic hydroxyl groups is 1. The van der Waals surface area contributed by atoms with Crippen LogP contribution in [0.1, 0.15) is 52.5 Å². The zero-order valence-corrected chi connectivity index (χ0v) is 26.6. The Morgan fingerprint density at radius 1 is 0.953 bits per heavy atom. The molecule has 0 saturated carbocycles. The molecule has 0 aromatic heterocycles. The van der Waals surface area contributed by atoms with Crippen LogP contribution in [0, 0.1) is 3.57 Å². The Morgan fingerprint density at radius 2 is 1.56 bits per heavy atom. The highest BCUT2D eigenvalue weighted by molar-refractivity contribution is 14.1. The number of aliphatic imine (C=N–C) groups is 1. The third-order valence-corrected chi connectivity index (χ3v) is 10.2. The molecule has 2 N–H and O–H groups in total. The number of rotatable bonds is 5. The minimum Gasteiger partial charge on any atom is -0.504 e. The number of amidine groups is 1. The van der Waals surface area contributed by atoms with Gasteiger partial charge in [-0.15, -0.1) is 0 Å². The Hall–Kier alpha value is -3.76. The Morgan fingerprint density at radius 3 is 2.14 bits per heavy atom. The van der Waals surface area contributed by atoms with Crippen LogP contribution in [0.4, 0.5) is 11.4 Å². The molecule has 216 valence electrons. The summed E-state index contributed by atoms with van der Waals surface area (Å²) in [5.74, 6) is 0.839. The minimum atomic E-state index is -0.194. The fraction of sp³-hybridized carbons (Fsp3) is 0.200. The molecule has 3 aliphatic rings. The number of ether oxygens (including phenoxy) is 1. The third kappa shape index (κ3) is 5.42. The number of phenolic OH excluding ortho intramolecular Hbond substituents is 1. The molecule has 1 fully saturated rings. The molecule has 7 rings (SSSR count). The smallest absolute Gasteiger partial charge is 0.264 e. The number of carbonyl (C=O) groups excluding carboxylic acids is 1. The van der Waals surface area contributed by atoms with E-state index in [4.69, 9.17) is 9.73 Å². The van der Waals surface area contributed by atoms with Crippen molar-refractivity contribution in [2.45, 2.75) is 24.7 Å². The number of amides is 1. The van der Waals surface area contributed by atoms with Crippen LogP contribution in [0.25, 0.3) is 6.08 Å². The van der Waals surface area contributed by atoms with Crippen LogP contribution in [-0.2, 0) is 4.79 Å². The average molecular weight is 700 g/mol. The fourth-order valence-corrected chi connectivity index (χ4v) is 7.95. The van der Waals surface area contributed by atoms with Crippen molar-refractivity contribution in [3.8, 4) is 11.5 Å². The second-order valence-electron chi connectivity index (χ2n) is 11.0. The fourth-order valence-electron chi connectivity index (χ4n) is 6.49. The largest absolute Gasteiger partial charge is 0.504 e. The molecule has 43 heavy (non-hydrogen) atoms. The molecule has 8 heteroatoms. The molecule has 0 spiro atoms. The van der Waals surface area contributed by atoms with Crippen molar-refractivity contribution in [3.05, 3.63) is 121 Å². The molecule has 1 amide bonds. The molecule has 0 aliphatic carbocycles. The molecule has 0 radical (unpaired) electrons. The van der Waals surface area contributed by atoms with E-state index in [1.165, 1.54) is 46.8 Å². The second kappa shape index (κ2) is 11.7.